The van der Waals surface area contributed by atoms with Gasteiger partial charge < -0.3 is 10.1 Å². The zero-order valence-electron chi connectivity index (χ0n) is 12.3. The van der Waals surface area contributed by atoms with Crippen LogP contribution in [-0.2, 0) is 11.3 Å². The topological polar surface area (TPSA) is 65.4 Å². The van der Waals surface area contributed by atoms with Crippen molar-refractivity contribution in [3.05, 3.63) is 29.3 Å². The highest BCUT2D eigenvalue weighted by atomic mass is 16.5. The number of benzene rings is 1. The molecule has 0 atom stereocenters. The highest BCUT2D eigenvalue weighted by Crippen LogP contribution is 2.19. The monoisotopic (exact) mass is 275 g/mol. The minimum absolute atomic E-state index is 0.00697. The number of hydrogen-bond acceptors (Lipinski definition) is 4. The van der Waals surface area contributed by atoms with Gasteiger partial charge in [0.2, 0.25) is 5.91 Å². The SMILES string of the molecule is CCCN(CC(=O)NC)Cc1ccc(OC)c(C#N)c1. The van der Waals surface area contributed by atoms with Gasteiger partial charge in [0, 0.05) is 13.6 Å². The van der Waals surface area contributed by atoms with Gasteiger partial charge in [0.15, 0.2) is 0 Å². The Kier molecular flexibility index (Phi) is 6.54. The molecule has 1 amide bonds. The minimum Gasteiger partial charge on any atom is -0.495 e. The third-order valence-electron chi connectivity index (χ3n) is 2.98. The number of likely N-dealkylation sites (N-methyl/N-ethyl adjacent to an activating group) is 1. The van der Waals surface area contributed by atoms with Gasteiger partial charge in [0.05, 0.1) is 19.2 Å². The normalized spacial score (nSPS) is 10.2. The van der Waals surface area contributed by atoms with Gasteiger partial charge in [-0.1, -0.05) is 13.0 Å². The molecule has 1 N–H and O–H groups in total. The smallest absolute Gasteiger partial charge is 0.233 e. The molecule has 0 saturated carbocycles. The summed E-state index contributed by atoms with van der Waals surface area (Å²) in [6.07, 6.45) is 0.970. The fourth-order valence-corrected chi connectivity index (χ4v) is 2.01. The molecule has 0 heterocycles. The molecule has 1 aromatic rings. The fourth-order valence-electron chi connectivity index (χ4n) is 2.01. The Morgan fingerprint density at radius 3 is 2.80 bits per heavy atom. The quantitative estimate of drug-likeness (QED) is 0.819. The molecule has 0 saturated heterocycles. The van der Waals surface area contributed by atoms with Crippen LogP contribution in [0.4, 0.5) is 0 Å². The molecule has 108 valence electrons. The van der Waals surface area contributed by atoms with Crippen molar-refractivity contribution in [2.45, 2.75) is 19.9 Å². The van der Waals surface area contributed by atoms with Crippen molar-refractivity contribution in [2.75, 3.05) is 27.2 Å². The summed E-state index contributed by atoms with van der Waals surface area (Å²) >= 11 is 0. The van der Waals surface area contributed by atoms with E-state index in [2.05, 4.69) is 23.2 Å². The van der Waals surface area contributed by atoms with Crippen molar-refractivity contribution in [3.63, 3.8) is 0 Å². The van der Waals surface area contributed by atoms with Crippen LogP contribution < -0.4 is 10.1 Å². The van der Waals surface area contributed by atoms with Gasteiger partial charge in [-0.3, -0.25) is 9.69 Å². The summed E-state index contributed by atoms with van der Waals surface area (Å²) in [5.74, 6) is 0.567. The van der Waals surface area contributed by atoms with Crippen LogP contribution in [0.25, 0.3) is 0 Å². The van der Waals surface area contributed by atoms with Crippen molar-refractivity contribution < 1.29 is 9.53 Å². The summed E-state index contributed by atoms with van der Waals surface area (Å²) in [7, 11) is 3.18. The number of amides is 1. The Morgan fingerprint density at radius 1 is 1.50 bits per heavy atom. The second-order valence-corrected chi connectivity index (χ2v) is 4.53. The van der Waals surface area contributed by atoms with Crippen molar-refractivity contribution in [2.24, 2.45) is 0 Å². The van der Waals surface area contributed by atoms with E-state index in [-0.39, 0.29) is 5.91 Å². The highest BCUT2D eigenvalue weighted by Gasteiger charge is 2.11. The molecule has 0 aliphatic heterocycles. The molecule has 1 aromatic carbocycles. The fraction of sp³-hybridized carbons (Fsp3) is 0.467. The van der Waals surface area contributed by atoms with E-state index in [1.165, 1.54) is 0 Å². The molecule has 0 unspecified atom stereocenters. The second-order valence-electron chi connectivity index (χ2n) is 4.53. The van der Waals surface area contributed by atoms with Gasteiger partial charge in [0.1, 0.15) is 11.8 Å². The van der Waals surface area contributed by atoms with E-state index in [4.69, 9.17) is 10.00 Å². The van der Waals surface area contributed by atoms with E-state index < -0.39 is 0 Å². The Labute approximate surface area is 120 Å². The predicted octanol–water partition coefficient (Wildman–Crippen LogP) is 1.52. The first-order valence-electron chi connectivity index (χ1n) is 6.64. The van der Waals surface area contributed by atoms with Crippen LogP contribution in [0.3, 0.4) is 0 Å². The molecule has 0 fully saturated rings. The number of carbonyl (C=O) groups excluding carboxylic acids is 1. The molecule has 1 rings (SSSR count). The summed E-state index contributed by atoms with van der Waals surface area (Å²) < 4.78 is 5.13. The molecule has 0 aliphatic rings. The Hall–Kier alpha value is -2.06. The van der Waals surface area contributed by atoms with Crippen molar-refractivity contribution >= 4 is 5.91 Å². The molecular weight excluding hydrogens is 254 g/mol. The summed E-state index contributed by atoms with van der Waals surface area (Å²) in [6, 6.07) is 7.64. The first kappa shape index (κ1) is 16.0. The highest BCUT2D eigenvalue weighted by molar-refractivity contribution is 5.77. The largest absolute Gasteiger partial charge is 0.495 e. The van der Waals surface area contributed by atoms with Crippen LogP contribution in [0.1, 0.15) is 24.5 Å². The van der Waals surface area contributed by atoms with Crippen molar-refractivity contribution in [3.8, 4) is 11.8 Å². The van der Waals surface area contributed by atoms with E-state index in [9.17, 15) is 4.79 Å². The summed E-state index contributed by atoms with van der Waals surface area (Å²) in [5, 5.41) is 11.7. The Morgan fingerprint density at radius 2 is 2.25 bits per heavy atom. The number of nitrogens with zero attached hydrogens (tertiary/aromatic N) is 2. The van der Waals surface area contributed by atoms with Gasteiger partial charge in [-0.25, -0.2) is 0 Å². The van der Waals surface area contributed by atoms with Crippen LogP contribution in [-0.4, -0.2) is 38.1 Å². The molecule has 0 aromatic heterocycles. The Bertz CT molecular complexity index is 494. The van der Waals surface area contributed by atoms with Gasteiger partial charge in [-0.15, -0.1) is 0 Å². The maximum atomic E-state index is 11.5. The van der Waals surface area contributed by atoms with E-state index in [1.54, 1.807) is 20.2 Å². The summed E-state index contributed by atoms with van der Waals surface area (Å²) in [5.41, 5.74) is 1.51. The number of methoxy groups -OCH3 is 1. The number of carbonyl (C=O) groups is 1. The summed E-state index contributed by atoms with van der Waals surface area (Å²) in [6.45, 7) is 3.91. The standard InChI is InChI=1S/C15H21N3O2/c1-4-7-18(11-15(19)17-2)10-12-5-6-14(20-3)13(8-12)9-16/h5-6,8H,4,7,10-11H2,1-3H3,(H,17,19). The molecule has 5 nitrogen and oxygen atoms in total. The maximum absolute atomic E-state index is 11.5. The lowest BCUT2D eigenvalue weighted by Gasteiger charge is -2.21. The first-order chi connectivity index (χ1) is 9.64. The van der Waals surface area contributed by atoms with Crippen LogP contribution in [0.2, 0.25) is 0 Å². The number of rotatable bonds is 7. The summed E-state index contributed by atoms with van der Waals surface area (Å²) in [4.78, 5) is 13.5. The third kappa shape index (κ3) is 4.56. The molecule has 5 heteroatoms. The van der Waals surface area contributed by atoms with E-state index in [1.807, 2.05) is 12.1 Å². The lowest BCUT2D eigenvalue weighted by molar-refractivity contribution is -0.121. The van der Waals surface area contributed by atoms with Gasteiger partial charge in [0.25, 0.3) is 0 Å². The van der Waals surface area contributed by atoms with E-state index in [0.29, 0.717) is 24.4 Å². The van der Waals surface area contributed by atoms with Crippen LogP contribution in [0.5, 0.6) is 5.75 Å². The zero-order valence-corrected chi connectivity index (χ0v) is 12.3. The molecule has 0 aliphatic carbocycles. The van der Waals surface area contributed by atoms with Crippen molar-refractivity contribution in [1.29, 1.82) is 5.26 Å². The average molecular weight is 275 g/mol. The molecule has 0 bridgehead atoms. The second kappa shape index (κ2) is 8.18. The number of nitrogens with one attached hydrogen (secondary N) is 1. The zero-order chi connectivity index (χ0) is 15.0. The van der Waals surface area contributed by atoms with Crippen LogP contribution >= 0.6 is 0 Å². The minimum atomic E-state index is -0.00697. The molecule has 0 spiro atoms. The number of hydrogen-bond donors (Lipinski definition) is 1. The Balaban J connectivity index is 2.83. The van der Waals surface area contributed by atoms with Crippen LogP contribution in [0, 0.1) is 11.3 Å². The molecular formula is C15H21N3O2. The first-order valence-corrected chi connectivity index (χ1v) is 6.64. The number of nitriles is 1. The number of ether oxygens (including phenoxy) is 1. The maximum Gasteiger partial charge on any atom is 0.233 e. The van der Waals surface area contributed by atoms with E-state index in [0.717, 1.165) is 18.5 Å². The lowest BCUT2D eigenvalue weighted by Crippen LogP contribution is -2.35. The lowest BCUT2D eigenvalue weighted by atomic mass is 10.1. The third-order valence-corrected chi connectivity index (χ3v) is 2.98. The average Bonchev–Trinajstić information content (AvgIpc) is 2.47. The van der Waals surface area contributed by atoms with Gasteiger partial charge in [-0.2, -0.15) is 5.26 Å². The molecule has 20 heavy (non-hydrogen) atoms. The predicted molar refractivity (Wildman–Crippen MR) is 77.3 cm³/mol. The van der Waals surface area contributed by atoms with Crippen molar-refractivity contribution in [1.82, 2.24) is 10.2 Å². The van der Waals surface area contributed by atoms with E-state index >= 15 is 0 Å². The van der Waals surface area contributed by atoms with Gasteiger partial charge >= 0.3 is 0 Å². The van der Waals surface area contributed by atoms with Crippen LogP contribution in [0.15, 0.2) is 18.2 Å². The van der Waals surface area contributed by atoms with Gasteiger partial charge in [-0.05, 0) is 30.7 Å². The molecule has 0 radical (unpaired) electrons.